The average molecular weight is 315 g/mol. The average Bonchev–Trinajstić information content (AvgIpc) is 2.45. The highest BCUT2D eigenvalue weighted by Crippen LogP contribution is 2.36. The molecule has 118 valence electrons. The van der Waals surface area contributed by atoms with Crippen LogP contribution in [0.3, 0.4) is 0 Å². The molecule has 1 aromatic carbocycles. The van der Waals surface area contributed by atoms with Gasteiger partial charge in [-0.25, -0.2) is 0 Å². The number of aliphatic hydroxyl groups is 1. The fraction of sp³-hybridized carbons (Fsp3) is 0.474. The molecule has 0 saturated carbocycles. The number of rotatable bonds is 4. The number of benzene rings is 1. The second kappa shape index (κ2) is 8.20. The predicted octanol–water partition coefficient (Wildman–Crippen LogP) is 3.81. The monoisotopic (exact) mass is 314 g/mol. The van der Waals surface area contributed by atoms with Gasteiger partial charge in [-0.3, -0.25) is 0 Å². The van der Waals surface area contributed by atoms with Crippen molar-refractivity contribution in [3.8, 4) is 23.7 Å². The van der Waals surface area contributed by atoms with E-state index in [1.165, 1.54) is 0 Å². The van der Waals surface area contributed by atoms with Crippen molar-refractivity contribution in [1.29, 1.82) is 0 Å². The quantitative estimate of drug-likeness (QED) is 0.676. The van der Waals surface area contributed by atoms with E-state index in [0.717, 1.165) is 5.56 Å². The standard InChI is InChI=1S/C19H26O2Si/c1-19(2,3)22(4,5)21-16-18(20)15-11-7-10-14-17-12-8-6-9-13-17/h6,8-9,12-13,18,20H,15-16H2,1-5H3/t18-/m1/s1. The lowest BCUT2D eigenvalue weighted by Gasteiger charge is -2.36. The first-order valence-electron chi connectivity index (χ1n) is 7.58. The Morgan fingerprint density at radius 1 is 1.14 bits per heavy atom. The lowest BCUT2D eigenvalue weighted by molar-refractivity contribution is 0.104. The van der Waals surface area contributed by atoms with E-state index in [9.17, 15) is 5.11 Å². The van der Waals surface area contributed by atoms with E-state index in [4.69, 9.17) is 4.43 Å². The summed E-state index contributed by atoms with van der Waals surface area (Å²) >= 11 is 0. The number of hydrogen-bond acceptors (Lipinski definition) is 2. The molecular formula is C19H26O2Si. The van der Waals surface area contributed by atoms with Gasteiger partial charge in [0.05, 0.1) is 12.7 Å². The van der Waals surface area contributed by atoms with Crippen LogP contribution in [0, 0.1) is 23.7 Å². The van der Waals surface area contributed by atoms with E-state index >= 15 is 0 Å². The maximum absolute atomic E-state index is 9.94. The van der Waals surface area contributed by atoms with Gasteiger partial charge in [-0.2, -0.15) is 0 Å². The Morgan fingerprint density at radius 2 is 1.77 bits per heavy atom. The zero-order valence-corrected chi connectivity index (χ0v) is 15.2. The highest BCUT2D eigenvalue weighted by molar-refractivity contribution is 6.74. The van der Waals surface area contributed by atoms with Crippen LogP contribution >= 0.6 is 0 Å². The predicted molar refractivity (Wildman–Crippen MR) is 94.9 cm³/mol. The van der Waals surface area contributed by atoms with Crippen molar-refractivity contribution in [2.75, 3.05) is 6.61 Å². The van der Waals surface area contributed by atoms with Gasteiger partial charge in [-0.15, -0.1) is 0 Å². The van der Waals surface area contributed by atoms with E-state index < -0.39 is 14.4 Å². The first-order chi connectivity index (χ1) is 10.2. The zero-order chi connectivity index (χ0) is 16.6. The van der Waals surface area contributed by atoms with Crippen molar-refractivity contribution in [2.45, 2.75) is 51.4 Å². The summed E-state index contributed by atoms with van der Waals surface area (Å²) in [6.45, 7) is 11.3. The Balaban J connectivity index is 2.41. The highest BCUT2D eigenvalue weighted by Gasteiger charge is 2.37. The normalized spacial score (nSPS) is 12.6. The minimum absolute atomic E-state index is 0.152. The Morgan fingerprint density at radius 3 is 2.36 bits per heavy atom. The van der Waals surface area contributed by atoms with Crippen LogP contribution in [-0.4, -0.2) is 26.1 Å². The van der Waals surface area contributed by atoms with Crippen LogP contribution in [-0.2, 0) is 4.43 Å². The largest absolute Gasteiger partial charge is 0.414 e. The van der Waals surface area contributed by atoms with E-state index in [-0.39, 0.29) is 5.04 Å². The highest BCUT2D eigenvalue weighted by atomic mass is 28.4. The minimum Gasteiger partial charge on any atom is -0.414 e. The third kappa shape index (κ3) is 6.50. The lowest BCUT2D eigenvalue weighted by atomic mass is 10.2. The van der Waals surface area contributed by atoms with Crippen molar-refractivity contribution in [2.24, 2.45) is 0 Å². The van der Waals surface area contributed by atoms with Crippen molar-refractivity contribution in [1.82, 2.24) is 0 Å². The van der Waals surface area contributed by atoms with Crippen LogP contribution in [0.4, 0.5) is 0 Å². The van der Waals surface area contributed by atoms with E-state index in [0.29, 0.717) is 13.0 Å². The fourth-order valence-corrected chi connectivity index (χ4v) is 2.46. The van der Waals surface area contributed by atoms with Gasteiger partial charge >= 0.3 is 0 Å². The summed E-state index contributed by atoms with van der Waals surface area (Å²) in [6, 6.07) is 9.72. The van der Waals surface area contributed by atoms with E-state index in [1.54, 1.807) is 0 Å². The zero-order valence-electron chi connectivity index (χ0n) is 14.2. The second-order valence-electron chi connectivity index (χ2n) is 6.85. The smallest absolute Gasteiger partial charge is 0.192 e. The van der Waals surface area contributed by atoms with Crippen LogP contribution in [0.1, 0.15) is 32.8 Å². The summed E-state index contributed by atoms with van der Waals surface area (Å²) in [7, 11) is -1.80. The van der Waals surface area contributed by atoms with Crippen LogP contribution in [0.15, 0.2) is 30.3 Å². The molecule has 0 aliphatic rings. The van der Waals surface area contributed by atoms with Crippen LogP contribution in [0.5, 0.6) is 0 Å². The van der Waals surface area contributed by atoms with Crippen molar-refractivity contribution in [3.63, 3.8) is 0 Å². The summed E-state index contributed by atoms with van der Waals surface area (Å²) in [5, 5.41) is 10.1. The Hall–Kier alpha value is -1.52. The molecule has 0 aliphatic carbocycles. The van der Waals surface area contributed by atoms with Gasteiger partial charge in [-0.05, 0) is 42.1 Å². The SMILES string of the molecule is CC(C)(C)[Si](C)(C)OC[C@H](O)CC#CC#Cc1ccccc1. The van der Waals surface area contributed by atoms with Gasteiger partial charge in [0.25, 0.3) is 0 Å². The maximum Gasteiger partial charge on any atom is 0.192 e. The molecule has 0 saturated heterocycles. The van der Waals surface area contributed by atoms with Gasteiger partial charge < -0.3 is 9.53 Å². The molecule has 1 atom stereocenters. The molecule has 1 N–H and O–H groups in total. The van der Waals surface area contributed by atoms with Gasteiger partial charge in [0.2, 0.25) is 0 Å². The third-order valence-corrected chi connectivity index (χ3v) is 8.41. The summed E-state index contributed by atoms with van der Waals surface area (Å²) in [5.74, 6) is 11.4. The number of hydrogen-bond donors (Lipinski definition) is 1. The Kier molecular flexibility index (Phi) is 6.90. The van der Waals surface area contributed by atoms with E-state index in [2.05, 4.69) is 57.5 Å². The summed E-state index contributed by atoms with van der Waals surface area (Å²) in [4.78, 5) is 0. The van der Waals surface area contributed by atoms with Crippen LogP contribution < -0.4 is 0 Å². The molecule has 3 heteroatoms. The number of aliphatic hydroxyl groups excluding tert-OH is 1. The van der Waals surface area contributed by atoms with Crippen molar-refractivity contribution >= 4 is 8.32 Å². The van der Waals surface area contributed by atoms with Crippen LogP contribution in [0.25, 0.3) is 0 Å². The molecule has 0 heterocycles. The van der Waals surface area contributed by atoms with Crippen molar-refractivity contribution in [3.05, 3.63) is 35.9 Å². The van der Waals surface area contributed by atoms with Gasteiger partial charge in [0.1, 0.15) is 0 Å². The fourth-order valence-electron chi connectivity index (χ4n) is 1.42. The molecule has 1 rings (SSSR count). The molecule has 0 aliphatic heterocycles. The Labute approximate surface area is 136 Å². The first-order valence-corrected chi connectivity index (χ1v) is 10.5. The van der Waals surface area contributed by atoms with Gasteiger partial charge in [0, 0.05) is 12.0 Å². The first kappa shape index (κ1) is 18.5. The van der Waals surface area contributed by atoms with Crippen molar-refractivity contribution < 1.29 is 9.53 Å². The molecule has 0 spiro atoms. The molecular weight excluding hydrogens is 288 g/mol. The molecule has 0 fully saturated rings. The van der Waals surface area contributed by atoms with Crippen LogP contribution in [0.2, 0.25) is 18.1 Å². The second-order valence-corrected chi connectivity index (χ2v) is 11.7. The molecule has 2 nitrogen and oxygen atoms in total. The lowest BCUT2D eigenvalue weighted by Crippen LogP contribution is -2.42. The molecule has 1 aromatic rings. The minimum atomic E-state index is -1.80. The third-order valence-electron chi connectivity index (χ3n) is 3.91. The summed E-state index contributed by atoms with van der Waals surface area (Å²) < 4.78 is 5.97. The molecule has 0 amide bonds. The topological polar surface area (TPSA) is 29.5 Å². The molecule has 0 bridgehead atoms. The van der Waals surface area contributed by atoms with E-state index in [1.807, 2.05) is 30.3 Å². The molecule has 0 radical (unpaired) electrons. The molecule has 0 aromatic heterocycles. The maximum atomic E-state index is 9.94. The van der Waals surface area contributed by atoms with Gasteiger partial charge in [0.15, 0.2) is 8.32 Å². The molecule has 22 heavy (non-hydrogen) atoms. The van der Waals surface area contributed by atoms with Gasteiger partial charge in [-0.1, -0.05) is 50.8 Å². The summed E-state index contributed by atoms with van der Waals surface area (Å²) in [6.07, 6.45) is -0.168. The molecule has 0 unspecified atom stereocenters. The Bertz CT molecular complexity index is 577. The summed E-state index contributed by atoms with van der Waals surface area (Å²) in [5.41, 5.74) is 0.943.